The van der Waals surface area contributed by atoms with Gasteiger partial charge in [0.05, 0.1) is 12.8 Å². The predicted octanol–water partition coefficient (Wildman–Crippen LogP) is 4.12. The maximum Gasteiger partial charge on any atom is 0.429 e. The summed E-state index contributed by atoms with van der Waals surface area (Å²) in [5.41, 5.74) is -8.87. The molecule has 2 aromatic carbocycles. The second kappa shape index (κ2) is 9.14. The van der Waals surface area contributed by atoms with E-state index in [1.54, 1.807) is 0 Å². The molecule has 2 unspecified atom stereocenters. The molecule has 32 heavy (non-hydrogen) atoms. The number of Topliss-reactive ketones (excluding diaryl/α,β-unsaturated/α-hetero) is 2. The van der Waals surface area contributed by atoms with E-state index >= 15 is 0 Å². The van der Waals surface area contributed by atoms with Gasteiger partial charge in [-0.25, -0.2) is 0 Å². The van der Waals surface area contributed by atoms with Crippen molar-refractivity contribution in [3.8, 4) is 11.8 Å². The first kappa shape index (κ1) is 25.1. The van der Waals surface area contributed by atoms with Crippen LogP contribution in [0, 0.1) is 11.8 Å². The molecular formula is C22H16F6O4. The molecule has 0 radical (unpaired) electrons. The van der Waals surface area contributed by atoms with Gasteiger partial charge in [-0.1, -0.05) is 72.5 Å². The second-order valence-electron chi connectivity index (χ2n) is 6.90. The Morgan fingerprint density at radius 3 is 1.16 bits per heavy atom. The SMILES string of the molecule is O=C(CC(O)(C#CC(O)(CC(=O)c1ccccc1)C(F)(F)F)C(F)(F)F)c1ccccc1. The van der Waals surface area contributed by atoms with E-state index in [1.165, 1.54) is 36.4 Å². The van der Waals surface area contributed by atoms with Crippen LogP contribution in [0.4, 0.5) is 26.3 Å². The Labute approximate surface area is 178 Å². The van der Waals surface area contributed by atoms with E-state index in [0.717, 1.165) is 36.1 Å². The highest BCUT2D eigenvalue weighted by Crippen LogP contribution is 2.37. The molecule has 0 aliphatic rings. The first-order valence-corrected chi connectivity index (χ1v) is 8.97. The number of aliphatic hydroxyl groups is 2. The van der Waals surface area contributed by atoms with Gasteiger partial charge in [0, 0.05) is 11.1 Å². The molecule has 2 N–H and O–H groups in total. The molecule has 0 spiro atoms. The van der Waals surface area contributed by atoms with Gasteiger partial charge >= 0.3 is 12.4 Å². The van der Waals surface area contributed by atoms with Crippen LogP contribution in [-0.2, 0) is 0 Å². The van der Waals surface area contributed by atoms with Crippen LogP contribution in [0.15, 0.2) is 60.7 Å². The monoisotopic (exact) mass is 458 g/mol. The molecule has 0 heterocycles. The van der Waals surface area contributed by atoms with Gasteiger partial charge in [0.25, 0.3) is 0 Å². The molecule has 170 valence electrons. The van der Waals surface area contributed by atoms with Crippen LogP contribution in [0.25, 0.3) is 0 Å². The zero-order chi connectivity index (χ0) is 24.2. The van der Waals surface area contributed by atoms with Crippen molar-refractivity contribution < 1.29 is 46.1 Å². The molecule has 2 atom stereocenters. The number of carbonyl (C=O) groups is 2. The minimum atomic E-state index is -5.64. The fourth-order valence-corrected chi connectivity index (χ4v) is 2.55. The van der Waals surface area contributed by atoms with Gasteiger partial charge in [0.2, 0.25) is 11.2 Å². The zero-order valence-corrected chi connectivity index (χ0v) is 16.2. The van der Waals surface area contributed by atoms with Crippen molar-refractivity contribution in [3.63, 3.8) is 0 Å². The van der Waals surface area contributed by atoms with Gasteiger partial charge in [0.1, 0.15) is 0 Å². The van der Waals surface area contributed by atoms with Crippen molar-refractivity contribution in [2.24, 2.45) is 0 Å². The van der Waals surface area contributed by atoms with E-state index in [0.29, 0.717) is 0 Å². The summed E-state index contributed by atoms with van der Waals surface area (Å²) < 4.78 is 80.7. The average molecular weight is 458 g/mol. The maximum absolute atomic E-state index is 13.4. The van der Waals surface area contributed by atoms with Crippen LogP contribution in [0.2, 0.25) is 0 Å². The van der Waals surface area contributed by atoms with Gasteiger partial charge in [-0.3, -0.25) is 9.59 Å². The largest absolute Gasteiger partial charge is 0.429 e. The number of benzene rings is 2. The minimum Gasteiger partial charge on any atom is -0.369 e. The highest BCUT2D eigenvalue weighted by atomic mass is 19.4. The van der Waals surface area contributed by atoms with Crippen molar-refractivity contribution >= 4 is 11.6 Å². The molecule has 0 fully saturated rings. The summed E-state index contributed by atoms with van der Waals surface area (Å²) in [4.78, 5) is 24.2. The van der Waals surface area contributed by atoms with Crippen molar-refractivity contribution in [2.45, 2.75) is 36.4 Å². The van der Waals surface area contributed by atoms with Crippen LogP contribution in [0.5, 0.6) is 0 Å². The first-order valence-electron chi connectivity index (χ1n) is 8.97. The Balaban J connectivity index is 2.43. The average Bonchev–Trinajstić information content (AvgIpc) is 2.72. The number of carbonyl (C=O) groups excluding carboxylic acids is 2. The number of hydrogen-bond acceptors (Lipinski definition) is 4. The summed E-state index contributed by atoms with van der Waals surface area (Å²) in [7, 11) is 0. The van der Waals surface area contributed by atoms with E-state index in [4.69, 9.17) is 0 Å². The molecular weight excluding hydrogens is 442 g/mol. The second-order valence-corrected chi connectivity index (χ2v) is 6.90. The number of ketones is 2. The quantitative estimate of drug-likeness (QED) is 0.388. The Bertz CT molecular complexity index is 940. The van der Waals surface area contributed by atoms with Gasteiger partial charge in [-0.2, -0.15) is 26.3 Å². The number of rotatable bonds is 6. The summed E-state index contributed by atoms with van der Waals surface area (Å²) in [6, 6.07) is 12.9. The first-order chi connectivity index (χ1) is 14.7. The molecule has 2 rings (SSSR count). The molecule has 0 saturated heterocycles. The maximum atomic E-state index is 13.4. The van der Waals surface area contributed by atoms with Crippen LogP contribution in [-0.4, -0.2) is 45.3 Å². The van der Waals surface area contributed by atoms with E-state index in [1.807, 2.05) is 0 Å². The number of halogens is 6. The molecule has 0 bridgehead atoms. The Morgan fingerprint density at radius 1 is 0.625 bits per heavy atom. The van der Waals surface area contributed by atoms with Gasteiger partial charge < -0.3 is 10.2 Å². The lowest BCUT2D eigenvalue weighted by Crippen LogP contribution is -2.49. The van der Waals surface area contributed by atoms with Gasteiger partial charge in [0.15, 0.2) is 11.6 Å². The smallest absolute Gasteiger partial charge is 0.369 e. The van der Waals surface area contributed by atoms with Crippen molar-refractivity contribution in [2.75, 3.05) is 0 Å². The van der Waals surface area contributed by atoms with Crippen molar-refractivity contribution in [3.05, 3.63) is 71.8 Å². The Kier molecular flexibility index (Phi) is 7.17. The molecule has 2 aromatic rings. The summed E-state index contributed by atoms with van der Waals surface area (Å²) in [5.74, 6) is -0.524. The van der Waals surface area contributed by atoms with E-state index in [9.17, 15) is 46.1 Å². The van der Waals surface area contributed by atoms with Crippen LogP contribution >= 0.6 is 0 Å². The lowest BCUT2D eigenvalue weighted by Gasteiger charge is -2.27. The van der Waals surface area contributed by atoms with Gasteiger partial charge in [-0.05, 0) is 0 Å². The molecule has 0 aromatic heterocycles. The Morgan fingerprint density at radius 2 is 0.906 bits per heavy atom. The topological polar surface area (TPSA) is 74.6 Å². The highest BCUT2D eigenvalue weighted by molar-refractivity contribution is 5.97. The summed E-state index contributed by atoms with van der Waals surface area (Å²) in [6.45, 7) is 0. The summed E-state index contributed by atoms with van der Waals surface area (Å²) in [5, 5.41) is 20.0. The van der Waals surface area contributed by atoms with E-state index in [-0.39, 0.29) is 11.1 Å². The molecule has 4 nitrogen and oxygen atoms in total. The van der Waals surface area contributed by atoms with Crippen LogP contribution in [0.3, 0.4) is 0 Å². The third-order valence-electron chi connectivity index (χ3n) is 4.44. The minimum absolute atomic E-state index is 0.234. The predicted molar refractivity (Wildman–Crippen MR) is 101 cm³/mol. The zero-order valence-electron chi connectivity index (χ0n) is 16.2. The Hall–Kier alpha value is -3.16. The van der Waals surface area contributed by atoms with E-state index in [2.05, 4.69) is 0 Å². The highest BCUT2D eigenvalue weighted by Gasteiger charge is 2.57. The standard InChI is InChI=1S/C22H16F6O4/c23-21(24,25)19(31,13-17(29)15-7-3-1-4-8-15)11-12-20(32,22(26,27)28)14-18(30)16-9-5-2-6-10-16/h1-10,31-32H,13-14H2. The molecule has 0 saturated carbocycles. The van der Waals surface area contributed by atoms with Gasteiger partial charge in [-0.15, -0.1) is 0 Å². The van der Waals surface area contributed by atoms with Crippen LogP contribution < -0.4 is 0 Å². The van der Waals surface area contributed by atoms with E-state index < -0.39 is 48.0 Å². The fourth-order valence-electron chi connectivity index (χ4n) is 2.55. The molecule has 0 aliphatic heterocycles. The normalized spacial score (nSPS) is 15.6. The summed E-state index contributed by atoms with van der Waals surface area (Å²) >= 11 is 0. The van der Waals surface area contributed by atoms with Crippen molar-refractivity contribution in [1.29, 1.82) is 0 Å². The number of alkyl halides is 6. The third-order valence-corrected chi connectivity index (χ3v) is 4.44. The third kappa shape index (κ3) is 5.75. The summed E-state index contributed by atoms with van der Waals surface area (Å²) in [6.07, 6.45) is -14.7. The molecule has 10 heteroatoms. The lowest BCUT2D eigenvalue weighted by atomic mass is 9.89. The molecule has 0 aliphatic carbocycles. The van der Waals surface area contributed by atoms with Crippen LogP contribution in [0.1, 0.15) is 33.6 Å². The lowest BCUT2D eigenvalue weighted by molar-refractivity contribution is -0.238. The fraction of sp³-hybridized carbons (Fsp3) is 0.273. The molecule has 0 amide bonds. The number of hydrogen-bond donors (Lipinski definition) is 2. The van der Waals surface area contributed by atoms with Crippen molar-refractivity contribution in [1.82, 2.24) is 0 Å².